The average Bonchev–Trinajstić information content (AvgIpc) is 2.55. The summed E-state index contributed by atoms with van der Waals surface area (Å²) in [5, 5.41) is 0.613. The fraction of sp³-hybridized carbons (Fsp3) is 0.750. The SMILES string of the molecule is CCCc1nc(Cl)c(C)c(N2CCCC(C)(C)CC2)n1. The Morgan fingerprint density at radius 1 is 1.20 bits per heavy atom. The van der Waals surface area contributed by atoms with Gasteiger partial charge in [-0.1, -0.05) is 32.4 Å². The Hall–Kier alpha value is -0.830. The van der Waals surface area contributed by atoms with Gasteiger partial charge in [0.25, 0.3) is 0 Å². The van der Waals surface area contributed by atoms with Crippen molar-refractivity contribution in [3.63, 3.8) is 0 Å². The lowest BCUT2D eigenvalue weighted by Crippen LogP contribution is -2.27. The van der Waals surface area contributed by atoms with Crippen LogP contribution in [0, 0.1) is 12.3 Å². The maximum absolute atomic E-state index is 6.29. The van der Waals surface area contributed by atoms with Gasteiger partial charge in [0.05, 0.1) is 0 Å². The Bertz CT molecular complexity index is 471. The normalized spacial score (nSPS) is 18.9. The molecule has 2 rings (SSSR count). The molecule has 112 valence electrons. The smallest absolute Gasteiger partial charge is 0.137 e. The standard InChI is InChI=1S/C16H26ClN3/c1-5-7-13-18-14(17)12(2)15(19-13)20-10-6-8-16(3,4)9-11-20/h5-11H2,1-4H3. The molecule has 1 fully saturated rings. The second kappa shape index (κ2) is 6.30. The van der Waals surface area contributed by atoms with Crippen LogP contribution in [0.15, 0.2) is 0 Å². The first-order valence-corrected chi connectivity index (χ1v) is 8.09. The molecule has 20 heavy (non-hydrogen) atoms. The minimum absolute atomic E-state index is 0.436. The van der Waals surface area contributed by atoms with Gasteiger partial charge < -0.3 is 4.90 Å². The molecule has 0 saturated carbocycles. The molecule has 1 aromatic rings. The zero-order chi connectivity index (χ0) is 14.8. The van der Waals surface area contributed by atoms with Crippen LogP contribution in [-0.2, 0) is 6.42 Å². The van der Waals surface area contributed by atoms with Crippen molar-refractivity contribution in [2.24, 2.45) is 5.41 Å². The number of nitrogens with zero attached hydrogens (tertiary/aromatic N) is 3. The Balaban J connectivity index is 2.27. The first-order valence-electron chi connectivity index (χ1n) is 7.71. The minimum Gasteiger partial charge on any atom is -0.356 e. The molecule has 3 nitrogen and oxygen atoms in total. The van der Waals surface area contributed by atoms with Crippen molar-refractivity contribution in [3.8, 4) is 0 Å². The number of aromatic nitrogens is 2. The molecule has 1 aromatic heterocycles. The third-order valence-electron chi connectivity index (χ3n) is 4.22. The van der Waals surface area contributed by atoms with Crippen molar-refractivity contribution >= 4 is 17.4 Å². The maximum atomic E-state index is 6.29. The maximum Gasteiger partial charge on any atom is 0.137 e. The number of anilines is 1. The van der Waals surface area contributed by atoms with Gasteiger partial charge in [0.1, 0.15) is 16.8 Å². The van der Waals surface area contributed by atoms with E-state index in [0.29, 0.717) is 10.6 Å². The second-order valence-electron chi connectivity index (χ2n) is 6.63. The summed E-state index contributed by atoms with van der Waals surface area (Å²) < 4.78 is 0. The first kappa shape index (κ1) is 15.6. The van der Waals surface area contributed by atoms with Crippen molar-refractivity contribution in [2.45, 2.75) is 59.8 Å². The van der Waals surface area contributed by atoms with Crippen LogP contribution in [0.25, 0.3) is 0 Å². The zero-order valence-electron chi connectivity index (χ0n) is 13.2. The lowest BCUT2D eigenvalue weighted by Gasteiger charge is -2.25. The number of aryl methyl sites for hydroxylation is 1. The highest BCUT2D eigenvalue weighted by molar-refractivity contribution is 6.30. The van der Waals surface area contributed by atoms with E-state index in [1.54, 1.807) is 0 Å². The van der Waals surface area contributed by atoms with Gasteiger partial charge in [-0.2, -0.15) is 0 Å². The van der Waals surface area contributed by atoms with E-state index in [4.69, 9.17) is 16.6 Å². The van der Waals surface area contributed by atoms with Gasteiger partial charge in [-0.25, -0.2) is 9.97 Å². The van der Waals surface area contributed by atoms with Gasteiger partial charge in [-0.05, 0) is 38.0 Å². The van der Waals surface area contributed by atoms with Crippen molar-refractivity contribution in [1.29, 1.82) is 0 Å². The molecule has 0 unspecified atom stereocenters. The molecule has 0 N–H and O–H groups in total. The molecule has 0 aliphatic carbocycles. The molecule has 0 atom stereocenters. The lowest BCUT2D eigenvalue weighted by molar-refractivity contribution is 0.325. The van der Waals surface area contributed by atoms with Gasteiger partial charge in [-0.3, -0.25) is 0 Å². The summed E-state index contributed by atoms with van der Waals surface area (Å²) in [7, 11) is 0. The van der Waals surface area contributed by atoms with Crippen LogP contribution >= 0.6 is 11.6 Å². The molecule has 0 radical (unpaired) electrons. The van der Waals surface area contributed by atoms with E-state index >= 15 is 0 Å². The van der Waals surface area contributed by atoms with Crippen LogP contribution in [0.4, 0.5) is 5.82 Å². The number of halogens is 1. The van der Waals surface area contributed by atoms with Gasteiger partial charge in [0.2, 0.25) is 0 Å². The summed E-state index contributed by atoms with van der Waals surface area (Å²) in [6.07, 6.45) is 5.65. The van der Waals surface area contributed by atoms with Gasteiger partial charge >= 0.3 is 0 Å². The monoisotopic (exact) mass is 295 g/mol. The fourth-order valence-electron chi connectivity index (χ4n) is 2.80. The van der Waals surface area contributed by atoms with Crippen molar-refractivity contribution in [1.82, 2.24) is 9.97 Å². The molecule has 2 heterocycles. The van der Waals surface area contributed by atoms with Crippen molar-refractivity contribution < 1.29 is 0 Å². The molecule has 0 aromatic carbocycles. The van der Waals surface area contributed by atoms with Crippen molar-refractivity contribution in [3.05, 3.63) is 16.5 Å². The van der Waals surface area contributed by atoms with E-state index in [2.05, 4.69) is 30.7 Å². The van der Waals surface area contributed by atoms with Gasteiger partial charge in [0.15, 0.2) is 0 Å². The van der Waals surface area contributed by atoms with E-state index in [1.165, 1.54) is 19.3 Å². The predicted molar refractivity (Wildman–Crippen MR) is 85.6 cm³/mol. The third kappa shape index (κ3) is 3.63. The highest BCUT2D eigenvalue weighted by atomic mass is 35.5. The number of hydrogen-bond donors (Lipinski definition) is 0. The third-order valence-corrected chi connectivity index (χ3v) is 4.59. The van der Waals surface area contributed by atoms with E-state index in [9.17, 15) is 0 Å². The van der Waals surface area contributed by atoms with E-state index in [-0.39, 0.29) is 0 Å². The Morgan fingerprint density at radius 2 is 1.95 bits per heavy atom. The molecule has 0 bridgehead atoms. The van der Waals surface area contributed by atoms with Crippen molar-refractivity contribution in [2.75, 3.05) is 18.0 Å². The summed E-state index contributed by atoms with van der Waals surface area (Å²) in [6, 6.07) is 0. The van der Waals surface area contributed by atoms with Crippen LogP contribution in [0.5, 0.6) is 0 Å². The summed E-state index contributed by atoms with van der Waals surface area (Å²) in [4.78, 5) is 11.6. The topological polar surface area (TPSA) is 29.0 Å². The van der Waals surface area contributed by atoms with Crippen LogP contribution in [0.3, 0.4) is 0 Å². The highest BCUT2D eigenvalue weighted by Crippen LogP contribution is 2.33. The van der Waals surface area contributed by atoms with E-state index in [1.807, 2.05) is 6.92 Å². The van der Waals surface area contributed by atoms with Gasteiger partial charge in [-0.15, -0.1) is 0 Å². The second-order valence-corrected chi connectivity index (χ2v) is 6.99. The molecule has 0 amide bonds. The predicted octanol–water partition coefficient (Wildman–Crippen LogP) is 4.41. The first-order chi connectivity index (χ1) is 9.43. The summed E-state index contributed by atoms with van der Waals surface area (Å²) >= 11 is 6.29. The Kier molecular flexibility index (Phi) is 4.90. The Morgan fingerprint density at radius 3 is 2.65 bits per heavy atom. The molecule has 1 aliphatic heterocycles. The van der Waals surface area contributed by atoms with E-state index in [0.717, 1.165) is 43.1 Å². The van der Waals surface area contributed by atoms with Crippen LogP contribution in [0.2, 0.25) is 5.15 Å². The molecule has 4 heteroatoms. The highest BCUT2D eigenvalue weighted by Gasteiger charge is 2.25. The van der Waals surface area contributed by atoms with E-state index < -0.39 is 0 Å². The molecule has 1 saturated heterocycles. The van der Waals surface area contributed by atoms with Crippen LogP contribution in [0.1, 0.15) is 57.8 Å². The summed E-state index contributed by atoms with van der Waals surface area (Å²) in [6.45, 7) is 11.0. The largest absolute Gasteiger partial charge is 0.356 e. The fourth-order valence-corrected chi connectivity index (χ4v) is 2.98. The molecule has 0 spiro atoms. The Labute approximate surface area is 127 Å². The molecule has 1 aliphatic rings. The average molecular weight is 296 g/mol. The minimum atomic E-state index is 0.436. The molecular weight excluding hydrogens is 270 g/mol. The molecular formula is C16H26ClN3. The zero-order valence-corrected chi connectivity index (χ0v) is 13.9. The van der Waals surface area contributed by atoms with Crippen LogP contribution in [-0.4, -0.2) is 23.1 Å². The number of hydrogen-bond acceptors (Lipinski definition) is 3. The lowest BCUT2D eigenvalue weighted by atomic mass is 9.85. The van der Waals surface area contributed by atoms with Crippen LogP contribution < -0.4 is 4.90 Å². The number of rotatable bonds is 3. The summed E-state index contributed by atoms with van der Waals surface area (Å²) in [5.41, 5.74) is 1.46. The van der Waals surface area contributed by atoms with Gasteiger partial charge in [0, 0.05) is 25.1 Å². The summed E-state index contributed by atoms with van der Waals surface area (Å²) in [5.74, 6) is 1.92. The quantitative estimate of drug-likeness (QED) is 0.774.